The maximum Gasteiger partial charge on any atom is 0.223 e. The molecule has 0 unspecified atom stereocenters. The van der Waals surface area contributed by atoms with E-state index in [0.717, 1.165) is 27.9 Å². The van der Waals surface area contributed by atoms with Gasteiger partial charge < -0.3 is 14.5 Å². The molecule has 1 aromatic carbocycles. The Morgan fingerprint density at radius 2 is 1.89 bits per heavy atom. The first-order valence-electron chi connectivity index (χ1n) is 8.83. The number of aromatic amines is 1. The van der Waals surface area contributed by atoms with E-state index >= 15 is 0 Å². The van der Waals surface area contributed by atoms with Crippen LogP contribution in [0.1, 0.15) is 18.1 Å². The highest BCUT2D eigenvalue weighted by Gasteiger charge is 2.20. The normalized spacial score (nSPS) is 10.9. The standard InChI is InChI=1S/C21H20N4O2/c1-3-27-21-18(15-9-10-17(26-2)22-12-15)16(11-14-7-5-4-6-8-14)19-20(25-21)24-13-23-19/h4-10,12-13H,3,11H2,1-2H3,(H,23,24,25). The third kappa shape index (κ3) is 3.33. The molecule has 0 aliphatic carbocycles. The number of fused-ring (bicyclic) bond motifs is 1. The largest absolute Gasteiger partial charge is 0.481 e. The Morgan fingerprint density at radius 1 is 1.04 bits per heavy atom. The summed E-state index contributed by atoms with van der Waals surface area (Å²) in [5.74, 6) is 1.14. The molecular formula is C21H20N4O2. The molecule has 6 nitrogen and oxygen atoms in total. The van der Waals surface area contributed by atoms with Crippen LogP contribution in [0.2, 0.25) is 0 Å². The lowest BCUT2D eigenvalue weighted by Gasteiger charge is -2.15. The summed E-state index contributed by atoms with van der Waals surface area (Å²) in [6.07, 6.45) is 4.16. The first kappa shape index (κ1) is 17.0. The van der Waals surface area contributed by atoms with Crippen LogP contribution >= 0.6 is 0 Å². The molecular weight excluding hydrogens is 340 g/mol. The fraction of sp³-hybridized carbons (Fsp3) is 0.190. The van der Waals surface area contributed by atoms with Gasteiger partial charge in [0.1, 0.15) is 5.52 Å². The van der Waals surface area contributed by atoms with Crippen molar-refractivity contribution >= 4 is 11.2 Å². The highest BCUT2D eigenvalue weighted by atomic mass is 16.5. The fourth-order valence-corrected chi connectivity index (χ4v) is 3.16. The number of H-pyrrole nitrogens is 1. The molecule has 27 heavy (non-hydrogen) atoms. The summed E-state index contributed by atoms with van der Waals surface area (Å²) >= 11 is 0. The summed E-state index contributed by atoms with van der Waals surface area (Å²) in [6, 6.07) is 14.1. The number of nitrogens with one attached hydrogen (secondary N) is 1. The third-order valence-corrected chi connectivity index (χ3v) is 4.37. The monoisotopic (exact) mass is 360 g/mol. The zero-order valence-corrected chi connectivity index (χ0v) is 15.3. The van der Waals surface area contributed by atoms with Crippen LogP contribution in [0, 0.1) is 0 Å². The summed E-state index contributed by atoms with van der Waals surface area (Å²) < 4.78 is 11.1. The van der Waals surface area contributed by atoms with Crippen LogP contribution in [0.15, 0.2) is 55.0 Å². The lowest BCUT2D eigenvalue weighted by atomic mass is 9.96. The summed E-state index contributed by atoms with van der Waals surface area (Å²) in [5.41, 5.74) is 5.64. The van der Waals surface area contributed by atoms with Gasteiger partial charge in [-0.05, 0) is 24.1 Å². The molecule has 0 radical (unpaired) electrons. The van der Waals surface area contributed by atoms with E-state index in [1.165, 1.54) is 5.56 Å². The highest BCUT2D eigenvalue weighted by molar-refractivity contribution is 5.87. The number of ether oxygens (including phenoxy) is 2. The number of benzene rings is 1. The van der Waals surface area contributed by atoms with Gasteiger partial charge in [0.05, 0.1) is 25.6 Å². The molecule has 0 amide bonds. The number of rotatable bonds is 6. The predicted octanol–water partition coefficient (Wildman–Crippen LogP) is 4.02. The fourth-order valence-electron chi connectivity index (χ4n) is 3.16. The number of pyridine rings is 2. The van der Waals surface area contributed by atoms with Gasteiger partial charge in [0.15, 0.2) is 5.65 Å². The van der Waals surface area contributed by atoms with Gasteiger partial charge >= 0.3 is 0 Å². The van der Waals surface area contributed by atoms with E-state index in [2.05, 4.69) is 32.1 Å². The predicted molar refractivity (Wildman–Crippen MR) is 104 cm³/mol. The third-order valence-electron chi connectivity index (χ3n) is 4.37. The SMILES string of the molecule is CCOc1nc2[nH]cnc2c(Cc2ccccc2)c1-c1ccc(OC)nc1. The van der Waals surface area contributed by atoms with Crippen molar-refractivity contribution in [2.75, 3.05) is 13.7 Å². The van der Waals surface area contributed by atoms with Gasteiger partial charge in [-0.3, -0.25) is 0 Å². The Bertz CT molecular complexity index is 1040. The molecule has 136 valence electrons. The van der Waals surface area contributed by atoms with Crippen LogP contribution in [0.4, 0.5) is 0 Å². The van der Waals surface area contributed by atoms with Crippen LogP contribution < -0.4 is 9.47 Å². The summed E-state index contributed by atoms with van der Waals surface area (Å²) in [7, 11) is 1.60. The van der Waals surface area contributed by atoms with Crippen molar-refractivity contribution in [3.63, 3.8) is 0 Å². The van der Waals surface area contributed by atoms with E-state index in [-0.39, 0.29) is 0 Å². The first-order chi connectivity index (χ1) is 13.3. The maximum atomic E-state index is 5.89. The molecule has 4 aromatic rings. The molecule has 4 rings (SSSR count). The molecule has 0 spiro atoms. The Morgan fingerprint density at radius 3 is 2.59 bits per heavy atom. The number of methoxy groups -OCH3 is 1. The molecule has 6 heteroatoms. The topological polar surface area (TPSA) is 72.9 Å². The van der Waals surface area contributed by atoms with Gasteiger partial charge in [0, 0.05) is 24.2 Å². The van der Waals surface area contributed by atoms with E-state index in [0.29, 0.717) is 24.8 Å². The average Bonchev–Trinajstić information content (AvgIpc) is 3.18. The van der Waals surface area contributed by atoms with Gasteiger partial charge in [-0.2, -0.15) is 4.98 Å². The molecule has 1 N–H and O–H groups in total. The van der Waals surface area contributed by atoms with Crippen molar-refractivity contribution in [1.82, 2.24) is 19.9 Å². The lowest BCUT2D eigenvalue weighted by Crippen LogP contribution is -2.03. The number of nitrogens with zero attached hydrogens (tertiary/aromatic N) is 3. The molecule has 3 aromatic heterocycles. The summed E-state index contributed by atoms with van der Waals surface area (Å²) in [4.78, 5) is 16.6. The Labute approximate surface area is 157 Å². The van der Waals surface area contributed by atoms with E-state index in [4.69, 9.17) is 9.47 Å². The number of aromatic nitrogens is 4. The minimum atomic E-state index is 0.522. The minimum Gasteiger partial charge on any atom is -0.481 e. The van der Waals surface area contributed by atoms with Crippen LogP contribution in [-0.4, -0.2) is 33.7 Å². The number of imidazole rings is 1. The molecule has 0 fully saturated rings. The smallest absolute Gasteiger partial charge is 0.223 e. The molecule has 0 aliphatic rings. The van der Waals surface area contributed by atoms with Crippen molar-refractivity contribution < 1.29 is 9.47 Å². The van der Waals surface area contributed by atoms with E-state index in [9.17, 15) is 0 Å². The second-order valence-corrected chi connectivity index (χ2v) is 6.05. The second-order valence-electron chi connectivity index (χ2n) is 6.05. The van der Waals surface area contributed by atoms with E-state index < -0.39 is 0 Å². The lowest BCUT2D eigenvalue weighted by molar-refractivity contribution is 0.329. The zero-order valence-electron chi connectivity index (χ0n) is 15.3. The number of hydrogen-bond acceptors (Lipinski definition) is 5. The van der Waals surface area contributed by atoms with Gasteiger partial charge in [-0.25, -0.2) is 9.97 Å². The Kier molecular flexibility index (Phi) is 4.70. The van der Waals surface area contributed by atoms with Gasteiger partial charge in [0.2, 0.25) is 11.8 Å². The van der Waals surface area contributed by atoms with Gasteiger partial charge in [-0.15, -0.1) is 0 Å². The molecule has 0 saturated heterocycles. The van der Waals surface area contributed by atoms with Crippen LogP contribution in [0.3, 0.4) is 0 Å². The minimum absolute atomic E-state index is 0.522. The van der Waals surface area contributed by atoms with E-state index in [1.54, 1.807) is 19.6 Å². The Balaban J connectivity index is 1.94. The van der Waals surface area contributed by atoms with Crippen LogP contribution in [0.5, 0.6) is 11.8 Å². The average molecular weight is 360 g/mol. The van der Waals surface area contributed by atoms with Crippen molar-refractivity contribution in [2.24, 2.45) is 0 Å². The van der Waals surface area contributed by atoms with Crippen molar-refractivity contribution in [1.29, 1.82) is 0 Å². The first-order valence-corrected chi connectivity index (χ1v) is 8.83. The maximum absolute atomic E-state index is 5.89. The van der Waals surface area contributed by atoms with Gasteiger partial charge in [-0.1, -0.05) is 30.3 Å². The van der Waals surface area contributed by atoms with Crippen molar-refractivity contribution in [2.45, 2.75) is 13.3 Å². The molecule has 0 bridgehead atoms. The molecule has 0 atom stereocenters. The van der Waals surface area contributed by atoms with E-state index in [1.807, 2.05) is 37.3 Å². The highest BCUT2D eigenvalue weighted by Crippen LogP contribution is 2.37. The quantitative estimate of drug-likeness (QED) is 0.562. The zero-order chi connectivity index (χ0) is 18.6. The molecule has 3 heterocycles. The molecule has 0 saturated carbocycles. The van der Waals surface area contributed by atoms with Crippen molar-refractivity contribution in [3.05, 3.63) is 66.1 Å². The second kappa shape index (κ2) is 7.45. The van der Waals surface area contributed by atoms with Crippen LogP contribution in [0.25, 0.3) is 22.3 Å². The molecule has 0 aliphatic heterocycles. The Hall–Kier alpha value is -3.41. The van der Waals surface area contributed by atoms with Gasteiger partial charge in [0.25, 0.3) is 0 Å². The summed E-state index contributed by atoms with van der Waals surface area (Å²) in [6.45, 7) is 2.47. The number of hydrogen-bond donors (Lipinski definition) is 1. The van der Waals surface area contributed by atoms with Crippen LogP contribution in [-0.2, 0) is 6.42 Å². The summed E-state index contributed by atoms with van der Waals surface area (Å²) in [5, 5.41) is 0. The van der Waals surface area contributed by atoms with Crippen molar-refractivity contribution in [3.8, 4) is 22.9 Å².